The minimum atomic E-state index is -1.51. The van der Waals surface area contributed by atoms with E-state index in [9.17, 15) is 14.7 Å². The number of methoxy groups -OCH3 is 5. The third-order valence-corrected chi connectivity index (χ3v) is 13.3. The molecular formula is C35H49NO10. The Hall–Kier alpha value is -2.28. The van der Waals surface area contributed by atoms with Crippen LogP contribution in [0.2, 0.25) is 0 Å². The van der Waals surface area contributed by atoms with Crippen LogP contribution in [0.15, 0.2) is 24.3 Å². The Morgan fingerprint density at radius 3 is 2.28 bits per heavy atom. The summed E-state index contributed by atoms with van der Waals surface area (Å²) in [6.45, 7) is 5.80. The molecule has 1 aromatic rings. The van der Waals surface area contributed by atoms with E-state index < -0.39 is 46.7 Å². The first-order valence-electron chi connectivity index (χ1n) is 16.6. The molecule has 5 saturated carbocycles. The van der Waals surface area contributed by atoms with Crippen molar-refractivity contribution >= 4 is 11.9 Å². The number of fused-ring (bicyclic) bond motifs is 2. The highest BCUT2D eigenvalue weighted by molar-refractivity contribution is 5.89. The predicted octanol–water partition coefficient (Wildman–Crippen LogP) is 2.72. The number of rotatable bonds is 10. The third kappa shape index (κ3) is 3.87. The molecule has 254 valence electrons. The van der Waals surface area contributed by atoms with Crippen molar-refractivity contribution in [2.24, 2.45) is 34.5 Å². The first-order chi connectivity index (χ1) is 22.1. The summed E-state index contributed by atoms with van der Waals surface area (Å²) in [5.74, 6) is -1.38. The van der Waals surface area contributed by atoms with Crippen LogP contribution in [0.4, 0.5) is 0 Å². The Bertz CT molecular complexity index is 1360. The van der Waals surface area contributed by atoms with Gasteiger partial charge in [0.15, 0.2) is 0 Å². The highest BCUT2D eigenvalue weighted by Gasteiger charge is 2.89. The molecule has 1 aromatic carbocycles. The van der Waals surface area contributed by atoms with Crippen LogP contribution in [0.5, 0.6) is 5.75 Å². The maximum absolute atomic E-state index is 13.9. The average Bonchev–Trinajstić information content (AvgIpc) is 3.42. The molecule has 13 atom stereocenters. The summed E-state index contributed by atoms with van der Waals surface area (Å²) in [5, 5.41) is 12.8. The van der Waals surface area contributed by atoms with Gasteiger partial charge < -0.3 is 38.3 Å². The summed E-state index contributed by atoms with van der Waals surface area (Å²) in [6.07, 6.45) is 0.142. The van der Waals surface area contributed by atoms with Gasteiger partial charge in [-0.2, -0.15) is 0 Å². The zero-order valence-electron chi connectivity index (χ0n) is 28.0. The van der Waals surface area contributed by atoms with Crippen molar-refractivity contribution in [2.75, 3.05) is 55.2 Å². The smallest absolute Gasteiger partial charge is 0.338 e. The van der Waals surface area contributed by atoms with Gasteiger partial charge in [-0.05, 0) is 56.0 Å². The molecule has 6 fully saturated rings. The second kappa shape index (κ2) is 11.1. The van der Waals surface area contributed by atoms with E-state index in [0.29, 0.717) is 24.3 Å². The number of hydrogen-bond acceptors (Lipinski definition) is 11. The SMILES string of the molecule is CCN1C[C@@]2(COC)CC[C@@H](OC)[C@@]34[C@@H]1C([C@@H](OC)[C@@H]23)[C@]1(OC(C)=O)C[C@@H](OC)[C@]2(O)C[C@H]4[C@H]1[C@@H]2OC(=O)c1ccc(OC)cc1. The number of piperidine rings is 1. The number of carbonyl (C=O) groups excluding carboxylic acids is 2. The number of esters is 2. The van der Waals surface area contributed by atoms with Crippen LogP contribution >= 0.6 is 0 Å². The van der Waals surface area contributed by atoms with E-state index in [-0.39, 0.29) is 47.8 Å². The van der Waals surface area contributed by atoms with Crippen LogP contribution in [-0.4, -0.2) is 119 Å². The molecule has 1 spiro atoms. The molecule has 0 aromatic heterocycles. The molecule has 1 heterocycles. The molecule has 0 amide bonds. The fraction of sp³-hybridized carbons (Fsp3) is 0.771. The first kappa shape index (κ1) is 32.3. The Labute approximate surface area is 271 Å². The van der Waals surface area contributed by atoms with Gasteiger partial charge in [-0.15, -0.1) is 0 Å². The third-order valence-electron chi connectivity index (χ3n) is 13.3. The lowest BCUT2D eigenvalue weighted by molar-refractivity contribution is -0.287. The number of ether oxygens (including phenoxy) is 7. The molecule has 6 aliphatic rings. The second-order valence-electron chi connectivity index (χ2n) is 14.6. The molecule has 5 aliphatic carbocycles. The summed E-state index contributed by atoms with van der Waals surface area (Å²) in [5.41, 5.74) is -3.03. The van der Waals surface area contributed by atoms with Gasteiger partial charge in [-0.3, -0.25) is 9.69 Å². The molecule has 1 N–H and O–H groups in total. The van der Waals surface area contributed by atoms with Gasteiger partial charge in [0, 0.05) is 83.0 Å². The maximum Gasteiger partial charge on any atom is 0.338 e. The normalized spacial score (nSPS) is 46.6. The van der Waals surface area contributed by atoms with Crippen molar-refractivity contribution < 1.29 is 47.9 Å². The van der Waals surface area contributed by atoms with E-state index in [1.807, 2.05) is 0 Å². The predicted molar refractivity (Wildman–Crippen MR) is 164 cm³/mol. The molecule has 7 bridgehead atoms. The van der Waals surface area contributed by atoms with E-state index in [1.165, 1.54) is 6.92 Å². The van der Waals surface area contributed by atoms with Crippen LogP contribution < -0.4 is 4.74 Å². The number of likely N-dealkylation sites (tertiary alicyclic amines) is 1. The summed E-state index contributed by atoms with van der Waals surface area (Å²) in [6, 6.07) is 6.66. The van der Waals surface area contributed by atoms with Gasteiger partial charge >= 0.3 is 11.9 Å². The van der Waals surface area contributed by atoms with Gasteiger partial charge in [0.1, 0.15) is 23.1 Å². The van der Waals surface area contributed by atoms with E-state index in [1.54, 1.807) is 59.8 Å². The lowest BCUT2D eigenvalue weighted by Crippen LogP contribution is -2.77. The molecular weight excluding hydrogens is 594 g/mol. The Morgan fingerprint density at radius 2 is 1.70 bits per heavy atom. The molecule has 1 aliphatic heterocycles. The fourth-order valence-corrected chi connectivity index (χ4v) is 12.4. The standard InChI is InChI=1S/C35H49NO10/c1-8-36-17-32(18-40-3)14-13-23(42-5)35-22-15-33(39)24(43-6)16-34(46-19(2)37,26(29(35)36)27(44-7)28(32)35)25(22)30(33)45-31(38)20-9-11-21(41-4)12-10-20/h9-12,22-30,39H,8,13-18H2,1-7H3/t22-,23+,24+,25-,26?,27+,28-,29-,30-,32+,33+,34-,35+/m0/s1. The minimum Gasteiger partial charge on any atom is -0.497 e. The van der Waals surface area contributed by atoms with Crippen molar-refractivity contribution in [3.05, 3.63) is 29.8 Å². The zero-order chi connectivity index (χ0) is 32.8. The zero-order valence-corrected chi connectivity index (χ0v) is 28.0. The lowest BCUT2D eigenvalue weighted by Gasteiger charge is -2.69. The first-order valence-corrected chi connectivity index (χ1v) is 16.6. The van der Waals surface area contributed by atoms with Crippen molar-refractivity contribution in [3.8, 4) is 5.75 Å². The number of nitrogens with zero attached hydrogens (tertiary/aromatic N) is 1. The molecule has 0 radical (unpaired) electrons. The van der Waals surface area contributed by atoms with Crippen molar-refractivity contribution in [1.29, 1.82) is 0 Å². The maximum atomic E-state index is 13.9. The van der Waals surface area contributed by atoms with E-state index in [4.69, 9.17) is 33.2 Å². The van der Waals surface area contributed by atoms with Gasteiger partial charge in [-0.1, -0.05) is 6.92 Å². The largest absolute Gasteiger partial charge is 0.497 e. The molecule has 1 unspecified atom stereocenters. The molecule has 1 saturated heterocycles. The fourth-order valence-electron chi connectivity index (χ4n) is 12.4. The van der Waals surface area contributed by atoms with Crippen molar-refractivity contribution in [2.45, 2.75) is 81.2 Å². The lowest BCUT2D eigenvalue weighted by atomic mass is 9.43. The Kier molecular flexibility index (Phi) is 7.81. The van der Waals surface area contributed by atoms with E-state index in [2.05, 4.69) is 11.8 Å². The summed E-state index contributed by atoms with van der Waals surface area (Å²) >= 11 is 0. The second-order valence-corrected chi connectivity index (χ2v) is 14.6. The van der Waals surface area contributed by atoms with Crippen LogP contribution in [0.1, 0.15) is 49.9 Å². The number of benzene rings is 1. The molecule has 11 heteroatoms. The van der Waals surface area contributed by atoms with Gasteiger partial charge in [0.25, 0.3) is 0 Å². The van der Waals surface area contributed by atoms with Crippen molar-refractivity contribution in [1.82, 2.24) is 4.90 Å². The molecule has 7 rings (SSSR count). The highest BCUT2D eigenvalue weighted by Crippen LogP contribution is 2.80. The average molecular weight is 644 g/mol. The van der Waals surface area contributed by atoms with E-state index in [0.717, 1.165) is 25.9 Å². The quantitative estimate of drug-likeness (QED) is 0.379. The van der Waals surface area contributed by atoms with Gasteiger partial charge in [0.2, 0.25) is 0 Å². The van der Waals surface area contributed by atoms with Crippen LogP contribution in [0.25, 0.3) is 0 Å². The van der Waals surface area contributed by atoms with E-state index >= 15 is 0 Å². The summed E-state index contributed by atoms with van der Waals surface area (Å²) in [4.78, 5) is 29.7. The van der Waals surface area contributed by atoms with Gasteiger partial charge in [0.05, 0.1) is 37.6 Å². The molecule has 46 heavy (non-hydrogen) atoms. The minimum absolute atomic E-state index is 0.00534. The Balaban J connectivity index is 1.46. The molecule has 11 nitrogen and oxygen atoms in total. The summed E-state index contributed by atoms with van der Waals surface area (Å²) in [7, 11) is 8.44. The topological polar surface area (TPSA) is 122 Å². The monoisotopic (exact) mass is 643 g/mol. The summed E-state index contributed by atoms with van der Waals surface area (Å²) < 4.78 is 43.6. The van der Waals surface area contributed by atoms with Gasteiger partial charge in [-0.25, -0.2) is 4.79 Å². The van der Waals surface area contributed by atoms with Crippen LogP contribution in [-0.2, 0) is 33.2 Å². The Morgan fingerprint density at radius 1 is 0.978 bits per heavy atom. The number of carbonyl (C=O) groups is 2. The number of aliphatic hydroxyl groups is 1. The van der Waals surface area contributed by atoms with Crippen molar-refractivity contribution in [3.63, 3.8) is 0 Å². The van der Waals surface area contributed by atoms with Crippen LogP contribution in [0, 0.1) is 34.5 Å². The van der Waals surface area contributed by atoms with Crippen LogP contribution in [0.3, 0.4) is 0 Å². The highest BCUT2D eigenvalue weighted by atomic mass is 16.6. The number of hydrogen-bond donors (Lipinski definition) is 1.